The summed E-state index contributed by atoms with van der Waals surface area (Å²) in [5.41, 5.74) is 1.24. The molecule has 0 saturated heterocycles. The lowest BCUT2D eigenvalue weighted by Gasteiger charge is -2.27. The molecule has 1 saturated carbocycles. The lowest BCUT2D eigenvalue weighted by atomic mass is 9.94. The quantitative estimate of drug-likeness (QED) is 0.814. The Bertz CT molecular complexity index is 402. The molecule has 0 aliphatic heterocycles. The molecule has 4 nitrogen and oxygen atoms in total. The summed E-state index contributed by atoms with van der Waals surface area (Å²) >= 11 is 0. The van der Waals surface area contributed by atoms with Crippen LogP contribution in [0, 0.1) is 5.92 Å². The number of aliphatic hydroxyl groups excluding tert-OH is 1. The third kappa shape index (κ3) is 3.83. The standard InChI is InChI=1S/C16H29N3O/c1-12(2)19-10-15(9-17-19)13(3)18-16-8-6-4-5-7-14(16)11-20/h9-10,12-14,16,18,20H,4-8,11H2,1-3H3. The molecule has 1 fully saturated rings. The number of hydrogen-bond acceptors (Lipinski definition) is 3. The third-order valence-corrected chi connectivity index (χ3v) is 4.51. The van der Waals surface area contributed by atoms with E-state index in [1.54, 1.807) is 0 Å². The van der Waals surface area contributed by atoms with Gasteiger partial charge < -0.3 is 10.4 Å². The van der Waals surface area contributed by atoms with Crippen LogP contribution >= 0.6 is 0 Å². The van der Waals surface area contributed by atoms with Gasteiger partial charge in [-0.15, -0.1) is 0 Å². The van der Waals surface area contributed by atoms with E-state index < -0.39 is 0 Å². The summed E-state index contributed by atoms with van der Waals surface area (Å²) in [6.07, 6.45) is 10.2. The van der Waals surface area contributed by atoms with Crippen LogP contribution in [0.15, 0.2) is 12.4 Å². The van der Waals surface area contributed by atoms with Gasteiger partial charge >= 0.3 is 0 Å². The summed E-state index contributed by atoms with van der Waals surface area (Å²) in [6, 6.07) is 1.12. The number of nitrogens with zero attached hydrogens (tertiary/aromatic N) is 2. The number of nitrogens with one attached hydrogen (secondary N) is 1. The van der Waals surface area contributed by atoms with Gasteiger partial charge in [0.15, 0.2) is 0 Å². The van der Waals surface area contributed by atoms with E-state index in [-0.39, 0.29) is 0 Å². The molecule has 1 aromatic rings. The molecule has 20 heavy (non-hydrogen) atoms. The molecule has 0 aromatic carbocycles. The molecule has 2 N–H and O–H groups in total. The summed E-state index contributed by atoms with van der Waals surface area (Å²) in [5, 5.41) is 17.7. The van der Waals surface area contributed by atoms with Gasteiger partial charge in [0.2, 0.25) is 0 Å². The fraction of sp³-hybridized carbons (Fsp3) is 0.812. The van der Waals surface area contributed by atoms with Crippen LogP contribution < -0.4 is 5.32 Å². The molecule has 114 valence electrons. The van der Waals surface area contributed by atoms with Crippen LogP contribution in [0.5, 0.6) is 0 Å². The van der Waals surface area contributed by atoms with Crippen molar-refractivity contribution in [3.8, 4) is 0 Å². The summed E-state index contributed by atoms with van der Waals surface area (Å²) < 4.78 is 2.00. The lowest BCUT2D eigenvalue weighted by Crippen LogP contribution is -2.38. The fourth-order valence-electron chi connectivity index (χ4n) is 3.10. The molecular weight excluding hydrogens is 250 g/mol. The molecule has 1 aliphatic rings. The van der Waals surface area contributed by atoms with Crippen molar-refractivity contribution in [2.75, 3.05) is 6.61 Å². The van der Waals surface area contributed by atoms with E-state index in [9.17, 15) is 5.11 Å². The zero-order chi connectivity index (χ0) is 14.5. The van der Waals surface area contributed by atoms with Gasteiger partial charge in [-0.2, -0.15) is 5.10 Å². The molecule has 0 amide bonds. The monoisotopic (exact) mass is 279 g/mol. The Kier molecular flexibility index (Phi) is 5.61. The Morgan fingerprint density at radius 3 is 2.70 bits per heavy atom. The molecule has 3 atom stereocenters. The van der Waals surface area contributed by atoms with Crippen LogP contribution in [-0.2, 0) is 0 Å². The van der Waals surface area contributed by atoms with Crippen molar-refractivity contribution in [2.45, 2.75) is 71.0 Å². The summed E-state index contributed by atoms with van der Waals surface area (Å²) in [7, 11) is 0. The van der Waals surface area contributed by atoms with Crippen molar-refractivity contribution in [3.63, 3.8) is 0 Å². The van der Waals surface area contributed by atoms with E-state index in [1.807, 2.05) is 10.9 Å². The molecule has 1 heterocycles. The molecule has 0 radical (unpaired) electrons. The van der Waals surface area contributed by atoms with E-state index in [0.717, 1.165) is 6.42 Å². The first kappa shape index (κ1) is 15.5. The zero-order valence-corrected chi connectivity index (χ0v) is 13.0. The third-order valence-electron chi connectivity index (χ3n) is 4.51. The van der Waals surface area contributed by atoms with E-state index >= 15 is 0 Å². The summed E-state index contributed by atoms with van der Waals surface area (Å²) in [6.45, 7) is 6.78. The number of hydrogen-bond donors (Lipinski definition) is 2. The van der Waals surface area contributed by atoms with Crippen LogP contribution in [0.4, 0.5) is 0 Å². The van der Waals surface area contributed by atoms with Crippen molar-refractivity contribution < 1.29 is 5.11 Å². The first-order valence-electron chi connectivity index (χ1n) is 8.02. The number of rotatable bonds is 5. The van der Waals surface area contributed by atoms with Crippen molar-refractivity contribution in [1.82, 2.24) is 15.1 Å². The highest BCUT2D eigenvalue weighted by Gasteiger charge is 2.24. The van der Waals surface area contributed by atoms with E-state index in [0.29, 0.717) is 30.7 Å². The van der Waals surface area contributed by atoms with Gasteiger partial charge in [-0.1, -0.05) is 19.3 Å². The highest BCUT2D eigenvalue weighted by molar-refractivity contribution is 5.10. The molecule has 4 heteroatoms. The molecule has 1 aromatic heterocycles. The van der Waals surface area contributed by atoms with Crippen LogP contribution in [0.25, 0.3) is 0 Å². The van der Waals surface area contributed by atoms with Gasteiger partial charge in [-0.25, -0.2) is 0 Å². The summed E-state index contributed by atoms with van der Waals surface area (Å²) in [4.78, 5) is 0. The number of aromatic nitrogens is 2. The Morgan fingerprint density at radius 2 is 2.05 bits per heavy atom. The van der Waals surface area contributed by atoms with Crippen LogP contribution in [0.2, 0.25) is 0 Å². The maximum Gasteiger partial charge on any atom is 0.0537 e. The zero-order valence-electron chi connectivity index (χ0n) is 13.0. The average Bonchev–Trinajstić information content (AvgIpc) is 2.82. The minimum atomic E-state index is 0.291. The van der Waals surface area contributed by atoms with E-state index in [2.05, 4.69) is 37.4 Å². The largest absolute Gasteiger partial charge is 0.396 e. The van der Waals surface area contributed by atoms with Crippen LogP contribution in [0.3, 0.4) is 0 Å². The molecule has 3 unspecified atom stereocenters. The second kappa shape index (κ2) is 7.23. The fourth-order valence-corrected chi connectivity index (χ4v) is 3.10. The van der Waals surface area contributed by atoms with Crippen LogP contribution in [0.1, 0.15) is 70.5 Å². The number of aliphatic hydroxyl groups is 1. The van der Waals surface area contributed by atoms with Gasteiger partial charge in [-0.05, 0) is 39.5 Å². The first-order valence-corrected chi connectivity index (χ1v) is 8.02. The van der Waals surface area contributed by atoms with E-state index in [4.69, 9.17) is 0 Å². The first-order chi connectivity index (χ1) is 9.61. The predicted octanol–water partition coefficient (Wildman–Crippen LogP) is 3.06. The smallest absolute Gasteiger partial charge is 0.0537 e. The van der Waals surface area contributed by atoms with Crippen molar-refractivity contribution in [2.24, 2.45) is 5.92 Å². The van der Waals surface area contributed by atoms with Gasteiger partial charge in [0.25, 0.3) is 0 Å². The maximum atomic E-state index is 9.59. The van der Waals surface area contributed by atoms with Gasteiger partial charge in [-0.3, -0.25) is 4.68 Å². The molecule has 2 rings (SSSR count). The van der Waals surface area contributed by atoms with Gasteiger partial charge in [0.1, 0.15) is 0 Å². The second-order valence-corrected chi connectivity index (χ2v) is 6.42. The van der Waals surface area contributed by atoms with E-state index in [1.165, 1.54) is 31.2 Å². The minimum Gasteiger partial charge on any atom is -0.396 e. The average molecular weight is 279 g/mol. The Morgan fingerprint density at radius 1 is 1.30 bits per heavy atom. The molecule has 0 spiro atoms. The molecule has 0 bridgehead atoms. The van der Waals surface area contributed by atoms with Crippen LogP contribution in [-0.4, -0.2) is 27.5 Å². The second-order valence-electron chi connectivity index (χ2n) is 6.42. The topological polar surface area (TPSA) is 50.1 Å². The Hall–Kier alpha value is -0.870. The highest BCUT2D eigenvalue weighted by Crippen LogP contribution is 2.25. The van der Waals surface area contributed by atoms with Gasteiger partial charge in [0, 0.05) is 36.5 Å². The normalized spacial score (nSPS) is 25.6. The van der Waals surface area contributed by atoms with Gasteiger partial charge in [0.05, 0.1) is 6.20 Å². The maximum absolute atomic E-state index is 9.59. The molecular formula is C16H29N3O. The molecule has 1 aliphatic carbocycles. The predicted molar refractivity (Wildman–Crippen MR) is 81.6 cm³/mol. The highest BCUT2D eigenvalue weighted by atomic mass is 16.3. The minimum absolute atomic E-state index is 0.291. The lowest BCUT2D eigenvalue weighted by molar-refractivity contribution is 0.176. The Labute approximate surface area is 122 Å². The van der Waals surface area contributed by atoms with Crippen molar-refractivity contribution >= 4 is 0 Å². The van der Waals surface area contributed by atoms with Crippen molar-refractivity contribution in [3.05, 3.63) is 18.0 Å². The Balaban J connectivity index is 1.99. The van der Waals surface area contributed by atoms with Crippen molar-refractivity contribution in [1.29, 1.82) is 0 Å². The SMILES string of the molecule is CC(NC1CCCCCC1CO)c1cnn(C(C)C)c1. The summed E-state index contributed by atoms with van der Waals surface area (Å²) in [5.74, 6) is 0.403.